The van der Waals surface area contributed by atoms with E-state index in [-0.39, 0.29) is 12.4 Å². The smallest absolute Gasteiger partial charge is 0.151 e. The Morgan fingerprint density at radius 2 is 2.29 bits per heavy atom. The van der Waals surface area contributed by atoms with E-state index in [0.29, 0.717) is 16.6 Å². The van der Waals surface area contributed by atoms with Gasteiger partial charge >= 0.3 is 0 Å². The predicted octanol–water partition coefficient (Wildman–Crippen LogP) is -0.101. The summed E-state index contributed by atoms with van der Waals surface area (Å²) < 4.78 is 7.25. The molecular weight excluding hydrogens is 342 g/mol. The lowest BCUT2D eigenvalue weighted by molar-refractivity contribution is -0.0428. The van der Waals surface area contributed by atoms with Crippen LogP contribution >= 0.6 is 15.9 Å². The van der Waals surface area contributed by atoms with Crippen molar-refractivity contribution >= 4 is 32.8 Å². The molecule has 1 fully saturated rings. The summed E-state index contributed by atoms with van der Waals surface area (Å²) in [6.07, 6.45) is 0.661. The van der Waals surface area contributed by atoms with Gasteiger partial charge in [-0.2, -0.15) is 5.26 Å². The maximum Gasteiger partial charge on any atom is 0.151 e. The molecule has 0 unspecified atom stereocenters. The van der Waals surface area contributed by atoms with Crippen molar-refractivity contribution in [2.24, 2.45) is 0 Å². The molecule has 8 nitrogen and oxygen atoms in total. The molecule has 2 aromatic rings. The molecule has 4 atom stereocenters. The van der Waals surface area contributed by atoms with Crippen molar-refractivity contribution in [3.63, 3.8) is 0 Å². The number of hydrogen-bond acceptors (Lipinski definition) is 7. The van der Waals surface area contributed by atoms with E-state index in [1.54, 1.807) is 10.8 Å². The van der Waals surface area contributed by atoms with Gasteiger partial charge in [-0.15, -0.1) is 0 Å². The standard InChI is InChI=1S/C12H12BrN5O3/c13-8-9(20)6(3-19)21-12(8)18-2-5(1-14)7-10(15)16-4-17-11(7)18/h2,4,6,8-9,12,19-20H,3H2,(H2,15,16,17)/t6-,8+,9-,12-/m1/s1. The van der Waals surface area contributed by atoms with Gasteiger partial charge in [-0.25, -0.2) is 9.97 Å². The summed E-state index contributed by atoms with van der Waals surface area (Å²) in [6.45, 7) is -0.304. The number of aliphatic hydroxyl groups excluding tert-OH is 2. The first kappa shape index (κ1) is 14.2. The van der Waals surface area contributed by atoms with E-state index in [1.165, 1.54) is 6.33 Å². The second-order valence-electron chi connectivity index (χ2n) is 4.70. The van der Waals surface area contributed by atoms with E-state index < -0.39 is 23.3 Å². The normalized spacial score (nSPS) is 28.9. The summed E-state index contributed by atoms with van der Waals surface area (Å²) in [5.74, 6) is 0.207. The van der Waals surface area contributed by atoms with Crippen molar-refractivity contribution in [2.45, 2.75) is 23.3 Å². The average Bonchev–Trinajstić information content (AvgIpc) is 2.99. The number of nitrogens with zero attached hydrogens (tertiary/aromatic N) is 4. The van der Waals surface area contributed by atoms with Gasteiger partial charge in [0, 0.05) is 6.20 Å². The lowest BCUT2D eigenvalue weighted by Gasteiger charge is -2.16. The zero-order chi connectivity index (χ0) is 15.1. The molecule has 1 saturated heterocycles. The summed E-state index contributed by atoms with van der Waals surface area (Å²) in [6, 6.07) is 2.04. The summed E-state index contributed by atoms with van der Waals surface area (Å²) >= 11 is 3.36. The zero-order valence-electron chi connectivity index (χ0n) is 10.7. The monoisotopic (exact) mass is 353 g/mol. The Hall–Kier alpha value is -1.73. The van der Waals surface area contributed by atoms with Crippen LogP contribution in [0.25, 0.3) is 11.0 Å². The number of aromatic nitrogens is 3. The highest BCUT2D eigenvalue weighted by molar-refractivity contribution is 9.09. The van der Waals surface area contributed by atoms with E-state index in [0.717, 1.165) is 0 Å². The van der Waals surface area contributed by atoms with Crippen molar-refractivity contribution < 1.29 is 14.9 Å². The number of nitrogens with two attached hydrogens (primary N) is 1. The average molecular weight is 354 g/mol. The van der Waals surface area contributed by atoms with Crippen molar-refractivity contribution in [3.05, 3.63) is 18.1 Å². The van der Waals surface area contributed by atoms with Crippen LogP contribution in [-0.4, -0.2) is 48.4 Å². The number of hydrogen-bond donors (Lipinski definition) is 3. The summed E-state index contributed by atoms with van der Waals surface area (Å²) in [7, 11) is 0. The predicted molar refractivity (Wildman–Crippen MR) is 76.4 cm³/mol. The lowest BCUT2D eigenvalue weighted by atomic mass is 10.2. The molecule has 1 aliphatic heterocycles. The highest BCUT2D eigenvalue weighted by atomic mass is 79.9. The van der Waals surface area contributed by atoms with Crippen LogP contribution in [0, 0.1) is 11.3 Å². The lowest BCUT2D eigenvalue weighted by Crippen LogP contribution is -2.29. The summed E-state index contributed by atoms with van der Waals surface area (Å²) in [4.78, 5) is 7.57. The Bertz CT molecular complexity index is 727. The summed E-state index contributed by atoms with van der Waals surface area (Å²) in [5.41, 5.74) is 6.57. The highest BCUT2D eigenvalue weighted by Crippen LogP contribution is 2.37. The molecule has 2 aromatic heterocycles. The van der Waals surface area contributed by atoms with Crippen LogP contribution in [0.4, 0.5) is 5.82 Å². The minimum absolute atomic E-state index is 0.207. The number of nitrogen functional groups attached to an aromatic ring is 1. The van der Waals surface area contributed by atoms with Crippen LogP contribution in [0.5, 0.6) is 0 Å². The Kier molecular flexibility index (Phi) is 3.54. The van der Waals surface area contributed by atoms with E-state index in [1.807, 2.05) is 6.07 Å². The highest BCUT2D eigenvalue weighted by Gasteiger charge is 2.43. The first-order chi connectivity index (χ1) is 10.1. The van der Waals surface area contributed by atoms with Crippen molar-refractivity contribution in [1.29, 1.82) is 5.26 Å². The molecule has 0 amide bonds. The molecule has 0 radical (unpaired) electrons. The quantitative estimate of drug-likeness (QED) is 0.642. The first-order valence-corrected chi connectivity index (χ1v) is 7.09. The van der Waals surface area contributed by atoms with Crippen LogP contribution in [0.1, 0.15) is 11.8 Å². The molecule has 0 aromatic carbocycles. The fourth-order valence-electron chi connectivity index (χ4n) is 2.47. The van der Waals surface area contributed by atoms with Gasteiger partial charge < -0.3 is 25.3 Å². The SMILES string of the molecule is N#Cc1cn([C@@H]2O[C@H](CO)[C@@H](O)[C@@H]2Br)c2ncnc(N)c12. The maximum absolute atomic E-state index is 10.0. The topological polar surface area (TPSA) is 130 Å². The molecule has 21 heavy (non-hydrogen) atoms. The molecule has 1 aliphatic rings. The van der Waals surface area contributed by atoms with Crippen molar-refractivity contribution in [1.82, 2.24) is 14.5 Å². The Morgan fingerprint density at radius 1 is 1.52 bits per heavy atom. The van der Waals surface area contributed by atoms with E-state index in [2.05, 4.69) is 25.9 Å². The van der Waals surface area contributed by atoms with Crippen LogP contribution in [-0.2, 0) is 4.74 Å². The summed E-state index contributed by atoms with van der Waals surface area (Å²) in [5, 5.41) is 28.9. The number of aliphatic hydroxyl groups is 2. The number of fused-ring (bicyclic) bond motifs is 1. The van der Waals surface area contributed by atoms with Gasteiger partial charge in [0.1, 0.15) is 30.0 Å². The minimum atomic E-state index is -0.873. The fourth-order valence-corrected chi connectivity index (χ4v) is 3.19. The van der Waals surface area contributed by atoms with Gasteiger partial charge in [0.15, 0.2) is 6.23 Å². The van der Waals surface area contributed by atoms with Gasteiger partial charge in [0.25, 0.3) is 0 Å². The number of ether oxygens (including phenoxy) is 1. The molecule has 3 heterocycles. The molecule has 110 valence electrons. The number of anilines is 1. The van der Waals surface area contributed by atoms with Gasteiger partial charge in [0.05, 0.1) is 28.5 Å². The van der Waals surface area contributed by atoms with Gasteiger partial charge in [-0.05, 0) is 0 Å². The Balaban J connectivity index is 2.14. The van der Waals surface area contributed by atoms with Gasteiger partial charge in [0.2, 0.25) is 0 Å². The van der Waals surface area contributed by atoms with Crippen LogP contribution in [0.3, 0.4) is 0 Å². The molecule has 3 rings (SSSR count). The third kappa shape index (κ3) is 2.08. The molecule has 9 heteroatoms. The van der Waals surface area contributed by atoms with E-state index in [4.69, 9.17) is 10.5 Å². The minimum Gasteiger partial charge on any atom is -0.394 e. The molecule has 0 spiro atoms. The van der Waals surface area contributed by atoms with Crippen molar-refractivity contribution in [3.8, 4) is 6.07 Å². The maximum atomic E-state index is 10.0. The van der Waals surface area contributed by atoms with Crippen LogP contribution in [0.2, 0.25) is 0 Å². The number of alkyl halides is 1. The molecule has 0 bridgehead atoms. The van der Waals surface area contributed by atoms with Crippen molar-refractivity contribution in [2.75, 3.05) is 12.3 Å². The molecule has 0 aliphatic carbocycles. The van der Waals surface area contributed by atoms with Crippen LogP contribution < -0.4 is 5.73 Å². The third-order valence-corrected chi connectivity index (χ3v) is 4.50. The van der Waals surface area contributed by atoms with E-state index in [9.17, 15) is 15.5 Å². The Labute approximate surface area is 127 Å². The molecular formula is C12H12BrN5O3. The van der Waals surface area contributed by atoms with Gasteiger partial charge in [-0.1, -0.05) is 15.9 Å². The zero-order valence-corrected chi connectivity index (χ0v) is 12.3. The molecule has 4 N–H and O–H groups in total. The number of rotatable bonds is 2. The van der Waals surface area contributed by atoms with Crippen LogP contribution in [0.15, 0.2) is 12.5 Å². The molecule has 0 saturated carbocycles. The van der Waals surface area contributed by atoms with E-state index >= 15 is 0 Å². The second-order valence-corrected chi connectivity index (χ2v) is 5.76. The largest absolute Gasteiger partial charge is 0.394 e. The fraction of sp³-hybridized carbons (Fsp3) is 0.417. The van der Waals surface area contributed by atoms with Gasteiger partial charge in [-0.3, -0.25) is 0 Å². The number of nitriles is 1. The second kappa shape index (κ2) is 5.23. The Morgan fingerprint density at radius 3 is 2.90 bits per heavy atom. The third-order valence-electron chi connectivity index (χ3n) is 3.51. The first-order valence-electron chi connectivity index (χ1n) is 6.18. The number of halogens is 1.